The van der Waals surface area contributed by atoms with Crippen molar-refractivity contribution < 1.29 is 9.59 Å². The summed E-state index contributed by atoms with van der Waals surface area (Å²) in [6.07, 6.45) is 0. The van der Waals surface area contributed by atoms with Gasteiger partial charge in [0.1, 0.15) is 0 Å². The molecule has 1 aromatic heterocycles. The van der Waals surface area contributed by atoms with Crippen LogP contribution < -0.4 is 16.4 Å². The molecular weight excluding hydrogens is 274 g/mol. The van der Waals surface area contributed by atoms with Crippen LogP contribution in [0.1, 0.15) is 15.9 Å². The van der Waals surface area contributed by atoms with Crippen LogP contribution in [0.3, 0.4) is 0 Å². The number of thiophene rings is 1. The van der Waals surface area contributed by atoms with Gasteiger partial charge in [-0.1, -0.05) is 30.3 Å². The van der Waals surface area contributed by atoms with Gasteiger partial charge in [-0.25, -0.2) is 0 Å². The van der Waals surface area contributed by atoms with Crippen molar-refractivity contribution in [3.8, 4) is 0 Å². The summed E-state index contributed by atoms with van der Waals surface area (Å²) in [5.41, 5.74) is 7.06. The number of nitrogens with two attached hydrogens (primary N) is 1. The summed E-state index contributed by atoms with van der Waals surface area (Å²) in [4.78, 5) is 23.4. The van der Waals surface area contributed by atoms with Gasteiger partial charge in [0.2, 0.25) is 5.91 Å². The third kappa shape index (κ3) is 3.83. The second kappa shape index (κ2) is 6.72. The van der Waals surface area contributed by atoms with Crippen LogP contribution in [0.4, 0.5) is 5.00 Å². The number of hydrogen-bond donors (Lipinski definition) is 3. The first-order chi connectivity index (χ1) is 9.66. The Balaban J connectivity index is 1.75. The first-order valence-corrected chi connectivity index (χ1v) is 6.96. The van der Waals surface area contributed by atoms with E-state index in [1.165, 1.54) is 11.3 Å². The van der Waals surface area contributed by atoms with Crippen LogP contribution in [0.25, 0.3) is 0 Å². The Morgan fingerprint density at radius 3 is 2.50 bits per heavy atom. The van der Waals surface area contributed by atoms with E-state index in [9.17, 15) is 9.59 Å². The molecule has 5 nitrogen and oxygen atoms in total. The molecule has 0 unspecified atom stereocenters. The number of rotatable bonds is 5. The minimum atomic E-state index is -0.335. The van der Waals surface area contributed by atoms with Crippen LogP contribution in [-0.2, 0) is 11.3 Å². The van der Waals surface area contributed by atoms with Crippen molar-refractivity contribution in [1.29, 1.82) is 0 Å². The van der Waals surface area contributed by atoms with Gasteiger partial charge >= 0.3 is 0 Å². The highest BCUT2D eigenvalue weighted by atomic mass is 32.1. The molecule has 2 rings (SSSR count). The lowest BCUT2D eigenvalue weighted by atomic mass is 10.2. The van der Waals surface area contributed by atoms with E-state index in [4.69, 9.17) is 5.73 Å². The summed E-state index contributed by atoms with van der Waals surface area (Å²) in [5, 5.41) is 7.46. The van der Waals surface area contributed by atoms with Crippen LogP contribution >= 0.6 is 11.3 Å². The van der Waals surface area contributed by atoms with E-state index in [0.717, 1.165) is 5.56 Å². The van der Waals surface area contributed by atoms with Gasteiger partial charge in [0.15, 0.2) is 0 Å². The van der Waals surface area contributed by atoms with Crippen molar-refractivity contribution >= 4 is 28.2 Å². The first-order valence-electron chi connectivity index (χ1n) is 6.08. The highest BCUT2D eigenvalue weighted by molar-refractivity contribution is 7.14. The number of amides is 2. The maximum absolute atomic E-state index is 11.7. The first kappa shape index (κ1) is 14.1. The molecular formula is C14H15N3O2S. The standard InChI is InChI=1S/C14H15N3O2S/c15-13-11(6-7-20-13)14(19)17-9-12(18)16-8-10-4-2-1-3-5-10/h1-7H,8-9,15H2,(H,16,18)(H,17,19). The van der Waals surface area contributed by atoms with E-state index >= 15 is 0 Å². The molecule has 0 bridgehead atoms. The highest BCUT2D eigenvalue weighted by Gasteiger charge is 2.11. The maximum atomic E-state index is 11.7. The van der Waals surface area contributed by atoms with Crippen LogP contribution in [0.2, 0.25) is 0 Å². The Bertz CT molecular complexity index is 595. The monoisotopic (exact) mass is 289 g/mol. The predicted octanol–water partition coefficient (Wildman–Crippen LogP) is 1.38. The summed E-state index contributed by atoms with van der Waals surface area (Å²) in [6.45, 7) is 0.372. The van der Waals surface area contributed by atoms with Gasteiger partial charge in [0.05, 0.1) is 17.1 Å². The fourth-order valence-corrected chi connectivity index (χ4v) is 2.26. The number of carbonyl (C=O) groups excluding carboxylic acids is 2. The molecule has 0 aliphatic heterocycles. The number of carbonyl (C=O) groups is 2. The largest absolute Gasteiger partial charge is 0.390 e. The third-order valence-corrected chi connectivity index (χ3v) is 3.43. The molecule has 1 heterocycles. The second-order valence-corrected chi connectivity index (χ2v) is 5.09. The number of benzene rings is 1. The molecule has 1 aromatic carbocycles. The van der Waals surface area contributed by atoms with Gasteiger partial charge in [-0.05, 0) is 17.0 Å². The quantitative estimate of drug-likeness (QED) is 0.777. The Kier molecular flexibility index (Phi) is 4.73. The zero-order valence-corrected chi connectivity index (χ0v) is 11.6. The summed E-state index contributed by atoms with van der Waals surface area (Å²) < 4.78 is 0. The van der Waals surface area contributed by atoms with Crippen molar-refractivity contribution in [3.05, 3.63) is 52.9 Å². The fourth-order valence-electron chi connectivity index (χ4n) is 1.62. The molecule has 0 aliphatic rings. The lowest BCUT2D eigenvalue weighted by Crippen LogP contribution is -2.36. The topological polar surface area (TPSA) is 84.2 Å². The molecule has 2 aromatic rings. The van der Waals surface area contributed by atoms with Gasteiger partial charge in [0, 0.05) is 6.54 Å². The van der Waals surface area contributed by atoms with Gasteiger partial charge < -0.3 is 16.4 Å². The van der Waals surface area contributed by atoms with E-state index in [1.807, 2.05) is 30.3 Å². The molecule has 0 fully saturated rings. The summed E-state index contributed by atoms with van der Waals surface area (Å²) in [5.74, 6) is -0.574. The zero-order valence-electron chi connectivity index (χ0n) is 10.8. The molecule has 20 heavy (non-hydrogen) atoms. The van der Waals surface area contributed by atoms with E-state index in [-0.39, 0.29) is 18.4 Å². The average Bonchev–Trinajstić information content (AvgIpc) is 2.90. The molecule has 0 aliphatic carbocycles. The number of nitrogen functional groups attached to an aromatic ring is 1. The van der Waals surface area contributed by atoms with Crippen LogP contribution in [-0.4, -0.2) is 18.4 Å². The minimum absolute atomic E-state index is 0.0685. The Labute approximate surface area is 120 Å². The Morgan fingerprint density at radius 1 is 1.10 bits per heavy atom. The molecule has 0 atom stereocenters. The molecule has 4 N–H and O–H groups in total. The number of nitrogens with one attached hydrogen (secondary N) is 2. The summed E-state index contributed by atoms with van der Waals surface area (Å²) in [6, 6.07) is 11.2. The van der Waals surface area contributed by atoms with E-state index < -0.39 is 0 Å². The smallest absolute Gasteiger partial charge is 0.254 e. The third-order valence-electron chi connectivity index (χ3n) is 2.68. The summed E-state index contributed by atoms with van der Waals surface area (Å²) >= 11 is 1.29. The summed E-state index contributed by atoms with van der Waals surface area (Å²) in [7, 11) is 0. The second-order valence-electron chi connectivity index (χ2n) is 4.14. The fraction of sp³-hybridized carbons (Fsp3) is 0.143. The maximum Gasteiger partial charge on any atom is 0.254 e. The lowest BCUT2D eigenvalue weighted by Gasteiger charge is -2.06. The molecule has 0 saturated heterocycles. The Morgan fingerprint density at radius 2 is 1.85 bits per heavy atom. The van der Waals surface area contributed by atoms with Crippen LogP contribution in [0, 0.1) is 0 Å². The minimum Gasteiger partial charge on any atom is -0.390 e. The Hall–Kier alpha value is -2.34. The van der Waals surface area contributed by atoms with Gasteiger partial charge in [-0.15, -0.1) is 11.3 Å². The predicted molar refractivity (Wildman–Crippen MR) is 79.4 cm³/mol. The average molecular weight is 289 g/mol. The van der Waals surface area contributed by atoms with Crippen molar-refractivity contribution in [3.63, 3.8) is 0 Å². The molecule has 0 spiro atoms. The van der Waals surface area contributed by atoms with Crippen LogP contribution in [0.5, 0.6) is 0 Å². The van der Waals surface area contributed by atoms with Crippen molar-refractivity contribution in [2.24, 2.45) is 0 Å². The molecule has 0 saturated carbocycles. The van der Waals surface area contributed by atoms with Gasteiger partial charge in [0.25, 0.3) is 5.91 Å². The van der Waals surface area contributed by atoms with Crippen LogP contribution in [0.15, 0.2) is 41.8 Å². The molecule has 6 heteroatoms. The van der Waals surface area contributed by atoms with E-state index in [1.54, 1.807) is 11.4 Å². The van der Waals surface area contributed by atoms with Crippen molar-refractivity contribution in [2.45, 2.75) is 6.54 Å². The normalized spacial score (nSPS) is 10.0. The zero-order chi connectivity index (χ0) is 14.4. The highest BCUT2D eigenvalue weighted by Crippen LogP contribution is 2.18. The van der Waals surface area contributed by atoms with Gasteiger partial charge in [-0.3, -0.25) is 9.59 Å². The lowest BCUT2D eigenvalue weighted by molar-refractivity contribution is -0.120. The molecule has 104 valence electrons. The number of anilines is 1. The van der Waals surface area contributed by atoms with Crippen molar-refractivity contribution in [2.75, 3.05) is 12.3 Å². The number of hydrogen-bond acceptors (Lipinski definition) is 4. The van der Waals surface area contributed by atoms with E-state index in [0.29, 0.717) is 17.1 Å². The SMILES string of the molecule is Nc1sccc1C(=O)NCC(=O)NCc1ccccc1. The van der Waals surface area contributed by atoms with Gasteiger partial charge in [-0.2, -0.15) is 0 Å². The van der Waals surface area contributed by atoms with E-state index in [2.05, 4.69) is 10.6 Å². The van der Waals surface area contributed by atoms with Crippen molar-refractivity contribution in [1.82, 2.24) is 10.6 Å². The molecule has 2 amide bonds. The molecule has 0 radical (unpaired) electrons.